The van der Waals surface area contributed by atoms with E-state index in [2.05, 4.69) is 65.7 Å². The van der Waals surface area contributed by atoms with E-state index in [4.69, 9.17) is 0 Å². The zero-order valence-electron chi connectivity index (χ0n) is 12.6. The van der Waals surface area contributed by atoms with Crippen molar-refractivity contribution in [1.29, 1.82) is 0 Å². The Morgan fingerprint density at radius 1 is 1.12 bits per heavy atom. The van der Waals surface area contributed by atoms with Gasteiger partial charge in [-0.2, -0.15) is 0 Å². The highest BCUT2D eigenvalue weighted by atomic mass is 15.1. The first-order valence-electron chi connectivity index (χ1n) is 6.53. The van der Waals surface area contributed by atoms with Crippen LogP contribution in [0.1, 0.15) is 54.9 Å². The number of rotatable bonds is 6. The Balaban J connectivity index is 4.13. The van der Waals surface area contributed by atoms with Crippen LogP contribution in [0.4, 0.5) is 0 Å². The summed E-state index contributed by atoms with van der Waals surface area (Å²) >= 11 is 0. The van der Waals surface area contributed by atoms with Gasteiger partial charge < -0.3 is 10.2 Å². The third-order valence-corrected chi connectivity index (χ3v) is 3.12. The molecule has 0 heterocycles. The molecule has 2 heteroatoms. The van der Waals surface area contributed by atoms with E-state index in [-0.39, 0.29) is 5.54 Å². The first kappa shape index (κ1) is 15.9. The van der Waals surface area contributed by atoms with Gasteiger partial charge in [-0.05, 0) is 46.6 Å². The molecule has 0 aromatic rings. The van der Waals surface area contributed by atoms with Crippen molar-refractivity contribution in [3.8, 4) is 0 Å². The van der Waals surface area contributed by atoms with Gasteiger partial charge in [-0.15, -0.1) is 0 Å². The molecule has 0 aromatic heterocycles. The summed E-state index contributed by atoms with van der Waals surface area (Å²) in [5, 5.41) is 3.60. The minimum Gasteiger partial charge on any atom is -0.311 e. The molecule has 0 aromatic carbocycles. The van der Waals surface area contributed by atoms with E-state index in [9.17, 15) is 0 Å². The van der Waals surface area contributed by atoms with E-state index < -0.39 is 0 Å². The molecule has 0 fully saturated rings. The molecule has 0 spiro atoms. The zero-order chi connectivity index (χ0) is 13.0. The molecule has 0 aliphatic rings. The summed E-state index contributed by atoms with van der Waals surface area (Å²) in [6.07, 6.45) is 1.22. The largest absolute Gasteiger partial charge is 0.311 e. The lowest BCUT2D eigenvalue weighted by Gasteiger charge is -2.36. The Hall–Kier alpha value is -0.0800. The van der Waals surface area contributed by atoms with Gasteiger partial charge in [0.1, 0.15) is 0 Å². The van der Waals surface area contributed by atoms with Crippen LogP contribution in [-0.2, 0) is 0 Å². The maximum absolute atomic E-state index is 3.60. The summed E-state index contributed by atoms with van der Waals surface area (Å²) in [6.45, 7) is 18.1. The fourth-order valence-electron chi connectivity index (χ4n) is 1.70. The van der Waals surface area contributed by atoms with Gasteiger partial charge >= 0.3 is 0 Å². The van der Waals surface area contributed by atoms with E-state index in [1.165, 1.54) is 6.42 Å². The van der Waals surface area contributed by atoms with Gasteiger partial charge in [0.2, 0.25) is 0 Å². The van der Waals surface area contributed by atoms with E-state index in [1.54, 1.807) is 0 Å². The predicted molar refractivity (Wildman–Crippen MR) is 73.9 cm³/mol. The minimum atomic E-state index is 0.214. The number of nitrogens with one attached hydrogen (secondary N) is 1. The molecule has 0 saturated heterocycles. The smallest absolute Gasteiger partial charge is 0.00967 e. The van der Waals surface area contributed by atoms with Gasteiger partial charge in [-0.3, -0.25) is 0 Å². The van der Waals surface area contributed by atoms with E-state index in [0.717, 1.165) is 13.1 Å². The zero-order valence-corrected chi connectivity index (χ0v) is 12.6. The third-order valence-electron chi connectivity index (χ3n) is 3.12. The lowest BCUT2D eigenvalue weighted by Crippen LogP contribution is -2.47. The maximum atomic E-state index is 3.60. The molecule has 0 saturated carbocycles. The van der Waals surface area contributed by atoms with Crippen LogP contribution in [0.3, 0.4) is 0 Å². The van der Waals surface area contributed by atoms with Crippen molar-refractivity contribution in [2.45, 2.75) is 66.5 Å². The van der Waals surface area contributed by atoms with Crippen LogP contribution < -0.4 is 5.32 Å². The SMILES string of the molecule is CCC(C)N(C)CC(C)(C)CNC(C)(C)C. The first-order valence-corrected chi connectivity index (χ1v) is 6.53. The Kier molecular flexibility index (Phi) is 5.99. The summed E-state index contributed by atoms with van der Waals surface area (Å²) in [6, 6.07) is 0.675. The number of hydrogen-bond donors (Lipinski definition) is 1. The lowest BCUT2D eigenvalue weighted by atomic mass is 9.91. The van der Waals surface area contributed by atoms with Crippen molar-refractivity contribution in [3.05, 3.63) is 0 Å². The molecule has 0 aliphatic carbocycles. The highest BCUT2D eigenvalue weighted by Crippen LogP contribution is 2.18. The van der Waals surface area contributed by atoms with Crippen molar-refractivity contribution in [1.82, 2.24) is 10.2 Å². The average Bonchev–Trinajstić information content (AvgIpc) is 2.12. The second-order valence-corrected chi connectivity index (χ2v) is 6.94. The van der Waals surface area contributed by atoms with Gasteiger partial charge in [-0.1, -0.05) is 20.8 Å². The lowest BCUT2D eigenvalue weighted by molar-refractivity contribution is 0.155. The highest BCUT2D eigenvalue weighted by Gasteiger charge is 2.23. The van der Waals surface area contributed by atoms with Crippen LogP contribution in [0.5, 0.6) is 0 Å². The van der Waals surface area contributed by atoms with Gasteiger partial charge in [0.05, 0.1) is 0 Å². The van der Waals surface area contributed by atoms with Gasteiger partial charge in [0, 0.05) is 24.7 Å². The molecule has 0 bridgehead atoms. The first-order chi connectivity index (χ1) is 7.07. The molecule has 1 unspecified atom stereocenters. The molecular formula is C14H32N2. The molecule has 0 aliphatic heterocycles. The van der Waals surface area contributed by atoms with Crippen molar-refractivity contribution < 1.29 is 0 Å². The Labute approximate surface area is 103 Å². The van der Waals surface area contributed by atoms with Crippen LogP contribution in [0.15, 0.2) is 0 Å². The summed E-state index contributed by atoms with van der Waals surface area (Å²) in [5.41, 5.74) is 0.539. The molecule has 1 atom stereocenters. The Bertz CT molecular complexity index is 191. The predicted octanol–water partition coefficient (Wildman–Crippen LogP) is 3.13. The highest BCUT2D eigenvalue weighted by molar-refractivity contribution is 4.81. The number of hydrogen-bond acceptors (Lipinski definition) is 2. The molecule has 1 N–H and O–H groups in total. The third kappa shape index (κ3) is 7.24. The van der Waals surface area contributed by atoms with Crippen molar-refractivity contribution in [2.24, 2.45) is 5.41 Å². The normalized spacial score (nSPS) is 15.6. The van der Waals surface area contributed by atoms with Crippen molar-refractivity contribution >= 4 is 0 Å². The molecule has 16 heavy (non-hydrogen) atoms. The molecular weight excluding hydrogens is 196 g/mol. The fraction of sp³-hybridized carbons (Fsp3) is 1.00. The summed E-state index contributed by atoms with van der Waals surface area (Å²) in [7, 11) is 2.23. The van der Waals surface area contributed by atoms with Crippen molar-refractivity contribution in [3.63, 3.8) is 0 Å². The maximum Gasteiger partial charge on any atom is 0.00967 e. The van der Waals surface area contributed by atoms with Crippen LogP contribution in [0, 0.1) is 5.41 Å². The van der Waals surface area contributed by atoms with Crippen molar-refractivity contribution in [2.75, 3.05) is 20.1 Å². The van der Waals surface area contributed by atoms with Crippen LogP contribution in [0.25, 0.3) is 0 Å². The van der Waals surface area contributed by atoms with Crippen LogP contribution >= 0.6 is 0 Å². The topological polar surface area (TPSA) is 15.3 Å². The van der Waals surface area contributed by atoms with Gasteiger partial charge in [0.25, 0.3) is 0 Å². The van der Waals surface area contributed by atoms with E-state index in [0.29, 0.717) is 11.5 Å². The Morgan fingerprint density at radius 2 is 1.62 bits per heavy atom. The molecule has 0 radical (unpaired) electrons. The molecule has 0 rings (SSSR count). The monoisotopic (exact) mass is 228 g/mol. The molecule has 98 valence electrons. The number of nitrogens with zero attached hydrogens (tertiary/aromatic N) is 1. The van der Waals surface area contributed by atoms with E-state index in [1.807, 2.05) is 0 Å². The van der Waals surface area contributed by atoms with Gasteiger partial charge in [-0.25, -0.2) is 0 Å². The quantitative estimate of drug-likeness (QED) is 0.751. The summed E-state index contributed by atoms with van der Waals surface area (Å²) in [5.74, 6) is 0. The Morgan fingerprint density at radius 3 is 2.00 bits per heavy atom. The van der Waals surface area contributed by atoms with Gasteiger partial charge in [0.15, 0.2) is 0 Å². The fourth-order valence-corrected chi connectivity index (χ4v) is 1.70. The second kappa shape index (κ2) is 6.02. The van der Waals surface area contributed by atoms with E-state index >= 15 is 0 Å². The molecule has 0 amide bonds. The summed E-state index contributed by atoms with van der Waals surface area (Å²) in [4.78, 5) is 2.46. The van der Waals surface area contributed by atoms with Crippen LogP contribution in [-0.4, -0.2) is 36.6 Å². The minimum absolute atomic E-state index is 0.214. The standard InChI is InChI=1S/C14H32N2/c1-9-12(2)16(8)11-14(6,7)10-15-13(3,4)5/h12,15H,9-11H2,1-8H3. The summed E-state index contributed by atoms with van der Waals surface area (Å²) < 4.78 is 0. The second-order valence-electron chi connectivity index (χ2n) is 6.94. The van der Waals surface area contributed by atoms with Crippen LogP contribution in [0.2, 0.25) is 0 Å². The molecule has 2 nitrogen and oxygen atoms in total. The average molecular weight is 228 g/mol.